The fourth-order valence-corrected chi connectivity index (χ4v) is 3.22. The Morgan fingerprint density at radius 2 is 2.15 bits per heavy atom. The molecule has 0 spiro atoms. The lowest BCUT2D eigenvalue weighted by atomic mass is 10.2. The minimum atomic E-state index is -3.75. The molecule has 0 amide bonds. The van der Waals surface area contributed by atoms with E-state index in [1.807, 2.05) is 0 Å². The number of hydrogen-bond acceptors (Lipinski definition) is 5. The first-order valence-corrected chi connectivity index (χ1v) is 7.85. The van der Waals surface area contributed by atoms with Gasteiger partial charge in [0.2, 0.25) is 10.0 Å². The van der Waals surface area contributed by atoms with Gasteiger partial charge in [0.25, 0.3) is 0 Å². The van der Waals surface area contributed by atoms with E-state index in [4.69, 9.17) is 27.2 Å². The topological polar surface area (TPSA) is 102 Å². The molecule has 0 aliphatic rings. The van der Waals surface area contributed by atoms with Crippen LogP contribution in [0.3, 0.4) is 0 Å². The number of halogens is 1. The average molecular weight is 323 g/mol. The Morgan fingerprint density at radius 1 is 1.50 bits per heavy atom. The molecule has 20 heavy (non-hydrogen) atoms. The van der Waals surface area contributed by atoms with Gasteiger partial charge in [-0.05, 0) is 31.0 Å². The molecule has 0 aromatic heterocycles. The molecule has 0 heterocycles. The number of hydrogen-bond donors (Lipinski definition) is 3. The van der Waals surface area contributed by atoms with Gasteiger partial charge in [-0.25, -0.2) is 13.1 Å². The van der Waals surface area contributed by atoms with Crippen LogP contribution in [-0.4, -0.2) is 39.9 Å². The van der Waals surface area contributed by atoms with Gasteiger partial charge in [0.05, 0.1) is 22.2 Å². The zero-order valence-corrected chi connectivity index (χ0v) is 13.0. The van der Waals surface area contributed by atoms with Crippen LogP contribution in [0.25, 0.3) is 0 Å². The third-order valence-electron chi connectivity index (χ3n) is 2.73. The van der Waals surface area contributed by atoms with E-state index in [1.54, 1.807) is 6.92 Å². The first kappa shape index (κ1) is 17.2. The maximum Gasteiger partial charge on any atom is 0.240 e. The van der Waals surface area contributed by atoms with Crippen LogP contribution in [0.5, 0.6) is 0 Å². The van der Waals surface area contributed by atoms with Gasteiger partial charge in [0.1, 0.15) is 0 Å². The minimum Gasteiger partial charge on any atom is -0.397 e. The van der Waals surface area contributed by atoms with Gasteiger partial charge in [-0.15, -0.1) is 0 Å². The molecule has 1 aromatic carbocycles. The van der Waals surface area contributed by atoms with Gasteiger partial charge in [-0.2, -0.15) is 0 Å². The summed E-state index contributed by atoms with van der Waals surface area (Å²) < 4.78 is 31.9. The molecule has 1 rings (SSSR count). The van der Waals surface area contributed by atoms with Crippen LogP contribution in [-0.2, 0) is 14.8 Å². The van der Waals surface area contributed by atoms with E-state index < -0.39 is 16.1 Å². The van der Waals surface area contributed by atoms with E-state index in [0.29, 0.717) is 10.6 Å². The molecule has 8 heteroatoms. The highest BCUT2D eigenvalue weighted by atomic mass is 35.5. The minimum absolute atomic E-state index is 0.0379. The normalized spacial score (nSPS) is 13.4. The summed E-state index contributed by atoms with van der Waals surface area (Å²) in [6, 6.07) is 2.25. The Hall–Kier alpha value is -0.860. The van der Waals surface area contributed by atoms with Crippen LogP contribution in [0.4, 0.5) is 5.69 Å². The number of nitrogens with one attached hydrogen (secondary N) is 1. The van der Waals surface area contributed by atoms with Crippen LogP contribution in [0, 0.1) is 6.92 Å². The number of sulfonamides is 1. The number of ether oxygens (including phenoxy) is 1. The highest BCUT2D eigenvalue weighted by Crippen LogP contribution is 2.26. The van der Waals surface area contributed by atoms with E-state index in [-0.39, 0.29) is 30.2 Å². The zero-order chi connectivity index (χ0) is 15.3. The molecule has 1 aromatic rings. The number of aliphatic hydroxyl groups is 1. The molecular weight excluding hydrogens is 304 g/mol. The van der Waals surface area contributed by atoms with Crippen molar-refractivity contribution in [2.45, 2.75) is 24.3 Å². The Kier molecular flexibility index (Phi) is 6.22. The Morgan fingerprint density at radius 3 is 2.65 bits per heavy atom. The van der Waals surface area contributed by atoms with Gasteiger partial charge < -0.3 is 15.6 Å². The Balaban J connectivity index is 3.04. The quantitative estimate of drug-likeness (QED) is 0.648. The summed E-state index contributed by atoms with van der Waals surface area (Å²) >= 11 is 5.91. The second-order valence-corrected chi connectivity index (χ2v) is 6.52. The van der Waals surface area contributed by atoms with E-state index in [1.165, 1.54) is 19.2 Å². The number of methoxy groups -OCH3 is 1. The van der Waals surface area contributed by atoms with Crippen LogP contribution >= 0.6 is 11.6 Å². The number of anilines is 1. The van der Waals surface area contributed by atoms with Crippen molar-refractivity contribution in [2.75, 3.05) is 26.1 Å². The standard InChI is InChI=1S/C12H19ClN2O4S/c1-8-5-10(6-11(14)12(8)13)20(17,18)15-9(3-4-16)7-19-2/h5-6,9,15-16H,3-4,7,14H2,1-2H3. The summed E-state index contributed by atoms with van der Waals surface area (Å²) in [7, 11) is -2.28. The molecule has 0 aliphatic heterocycles. The molecule has 0 fully saturated rings. The third kappa shape index (κ3) is 4.32. The number of rotatable bonds is 7. The molecule has 0 saturated heterocycles. The van der Waals surface area contributed by atoms with Crippen molar-refractivity contribution in [2.24, 2.45) is 0 Å². The van der Waals surface area contributed by atoms with Crippen molar-refractivity contribution in [3.8, 4) is 0 Å². The van der Waals surface area contributed by atoms with Gasteiger partial charge >= 0.3 is 0 Å². The molecular formula is C12H19ClN2O4S. The van der Waals surface area contributed by atoms with E-state index in [0.717, 1.165) is 0 Å². The van der Waals surface area contributed by atoms with Crippen molar-refractivity contribution >= 4 is 27.3 Å². The first-order valence-electron chi connectivity index (χ1n) is 5.99. The number of aryl methyl sites for hydroxylation is 1. The van der Waals surface area contributed by atoms with E-state index in [9.17, 15) is 8.42 Å². The summed E-state index contributed by atoms with van der Waals surface area (Å²) in [6.45, 7) is 1.71. The number of benzene rings is 1. The highest BCUT2D eigenvalue weighted by molar-refractivity contribution is 7.89. The smallest absolute Gasteiger partial charge is 0.240 e. The largest absolute Gasteiger partial charge is 0.397 e. The lowest BCUT2D eigenvalue weighted by Crippen LogP contribution is -2.38. The van der Waals surface area contributed by atoms with E-state index in [2.05, 4.69) is 4.72 Å². The molecule has 4 N–H and O–H groups in total. The maximum atomic E-state index is 12.3. The Labute approximate surface area is 123 Å². The van der Waals surface area contributed by atoms with E-state index >= 15 is 0 Å². The first-order chi connectivity index (χ1) is 9.31. The van der Waals surface area contributed by atoms with Crippen molar-refractivity contribution in [3.63, 3.8) is 0 Å². The van der Waals surface area contributed by atoms with Gasteiger partial charge in [-0.1, -0.05) is 11.6 Å². The van der Waals surface area contributed by atoms with Crippen LogP contribution in [0.2, 0.25) is 5.02 Å². The summed E-state index contributed by atoms with van der Waals surface area (Å²) in [4.78, 5) is 0.0379. The fourth-order valence-electron chi connectivity index (χ4n) is 1.74. The predicted octanol–water partition coefficient (Wildman–Crippen LogP) is 0.906. The molecule has 0 saturated carbocycles. The summed E-state index contributed by atoms with van der Waals surface area (Å²) in [6.07, 6.45) is 0.259. The summed E-state index contributed by atoms with van der Waals surface area (Å²) in [5.41, 5.74) is 6.46. The second-order valence-electron chi connectivity index (χ2n) is 4.43. The lowest BCUT2D eigenvalue weighted by molar-refractivity contribution is 0.158. The van der Waals surface area contributed by atoms with Crippen molar-refractivity contribution in [1.29, 1.82) is 0 Å². The van der Waals surface area contributed by atoms with Gasteiger partial charge in [0.15, 0.2) is 0 Å². The SMILES string of the molecule is COCC(CCO)NS(=O)(=O)c1cc(C)c(Cl)c(N)c1. The van der Waals surface area contributed by atoms with Crippen molar-refractivity contribution < 1.29 is 18.3 Å². The summed E-state index contributed by atoms with van der Waals surface area (Å²) in [5.74, 6) is 0. The molecule has 1 unspecified atom stereocenters. The molecule has 114 valence electrons. The molecule has 6 nitrogen and oxygen atoms in total. The van der Waals surface area contributed by atoms with Crippen LogP contribution in [0.15, 0.2) is 17.0 Å². The fraction of sp³-hybridized carbons (Fsp3) is 0.500. The van der Waals surface area contributed by atoms with Crippen molar-refractivity contribution in [3.05, 3.63) is 22.7 Å². The van der Waals surface area contributed by atoms with Crippen LogP contribution < -0.4 is 10.5 Å². The Bertz CT molecular complexity index is 534. The number of aliphatic hydroxyl groups excluding tert-OH is 1. The number of nitrogens with two attached hydrogens (primary N) is 1. The average Bonchev–Trinajstić information content (AvgIpc) is 2.35. The monoisotopic (exact) mass is 322 g/mol. The number of nitrogen functional groups attached to an aromatic ring is 1. The second kappa shape index (κ2) is 7.24. The third-order valence-corrected chi connectivity index (χ3v) is 4.75. The zero-order valence-electron chi connectivity index (χ0n) is 11.4. The molecule has 0 bridgehead atoms. The molecule has 0 aliphatic carbocycles. The van der Waals surface area contributed by atoms with Gasteiger partial charge in [0, 0.05) is 19.8 Å². The molecule has 1 atom stereocenters. The highest BCUT2D eigenvalue weighted by Gasteiger charge is 2.21. The van der Waals surface area contributed by atoms with Crippen LogP contribution in [0.1, 0.15) is 12.0 Å². The maximum absolute atomic E-state index is 12.3. The summed E-state index contributed by atoms with van der Waals surface area (Å²) in [5, 5.41) is 9.27. The predicted molar refractivity (Wildman–Crippen MR) is 78.3 cm³/mol. The van der Waals surface area contributed by atoms with Crippen molar-refractivity contribution in [1.82, 2.24) is 4.72 Å². The molecule has 0 radical (unpaired) electrons. The van der Waals surface area contributed by atoms with Gasteiger partial charge in [-0.3, -0.25) is 0 Å². The lowest BCUT2D eigenvalue weighted by Gasteiger charge is -2.17.